The van der Waals surface area contributed by atoms with Crippen LogP contribution in [0, 0.1) is 0 Å². The van der Waals surface area contributed by atoms with E-state index >= 15 is 0 Å². The smallest absolute Gasteiger partial charge is 0.258 e. The van der Waals surface area contributed by atoms with Crippen LogP contribution in [0.3, 0.4) is 0 Å². The quantitative estimate of drug-likeness (QED) is 0.825. The lowest BCUT2D eigenvalue weighted by molar-refractivity contribution is -0.305. The zero-order chi connectivity index (χ0) is 17.8. The Hall–Kier alpha value is -2.67. The molecule has 0 radical (unpaired) electrons. The van der Waals surface area contributed by atoms with E-state index in [0.717, 1.165) is 29.7 Å². The van der Waals surface area contributed by atoms with Gasteiger partial charge in [0, 0.05) is 23.0 Å². The van der Waals surface area contributed by atoms with Crippen LogP contribution in [0.2, 0.25) is 0 Å². The van der Waals surface area contributed by atoms with Crippen molar-refractivity contribution in [2.75, 3.05) is 10.6 Å². The number of nitrogens with one attached hydrogen (secondary N) is 2. The topological polar surface area (TPSA) is 98.3 Å². The second-order valence-electron chi connectivity index (χ2n) is 5.80. The number of carboxylic acids is 1. The molecule has 2 aromatic rings. The molecule has 0 bridgehead atoms. The molecule has 0 fully saturated rings. The highest BCUT2D eigenvalue weighted by Gasteiger charge is 2.27. The first-order chi connectivity index (χ1) is 12.0. The van der Waals surface area contributed by atoms with Crippen molar-refractivity contribution in [2.45, 2.75) is 32.1 Å². The van der Waals surface area contributed by atoms with E-state index in [0.29, 0.717) is 16.3 Å². The van der Waals surface area contributed by atoms with Gasteiger partial charge in [0.1, 0.15) is 5.00 Å². The number of thiophene rings is 1. The highest BCUT2D eigenvalue weighted by atomic mass is 32.1. The number of aryl methyl sites for hydroxylation is 1. The Kier molecular flexibility index (Phi) is 5.14. The number of anilines is 2. The van der Waals surface area contributed by atoms with Crippen molar-refractivity contribution in [1.82, 2.24) is 0 Å². The number of benzene rings is 1. The second kappa shape index (κ2) is 7.48. The van der Waals surface area contributed by atoms with E-state index < -0.39 is 11.9 Å². The third kappa shape index (κ3) is 4.06. The molecule has 0 saturated carbocycles. The van der Waals surface area contributed by atoms with Crippen molar-refractivity contribution in [1.29, 1.82) is 0 Å². The van der Waals surface area contributed by atoms with Crippen LogP contribution in [0.1, 0.15) is 40.1 Å². The molecule has 6 nitrogen and oxygen atoms in total. The Morgan fingerprint density at radius 2 is 1.80 bits per heavy atom. The summed E-state index contributed by atoms with van der Waals surface area (Å²) in [5.74, 6) is -1.97. The van der Waals surface area contributed by atoms with Crippen LogP contribution < -0.4 is 15.7 Å². The number of carbonyl (C=O) groups excluding carboxylic acids is 3. The standard InChI is InChI=1S/C18H18N2O4S/c21-14(9-10-15(22)23)20-18-16(12-7-4-8-13(12)25-18)17(24)19-11-5-2-1-3-6-11/h1-3,5-6H,4,7-10H2,(H,19,24)(H,20,21)(H,22,23)/p-1. The molecule has 1 aromatic heterocycles. The van der Waals surface area contributed by atoms with Gasteiger partial charge in [0.25, 0.3) is 5.91 Å². The maximum atomic E-state index is 12.7. The molecule has 0 atom stereocenters. The fourth-order valence-corrected chi connectivity index (χ4v) is 4.16. The molecule has 0 spiro atoms. The van der Waals surface area contributed by atoms with Gasteiger partial charge in [-0.3, -0.25) is 9.59 Å². The third-order valence-electron chi connectivity index (χ3n) is 3.99. The molecule has 2 amide bonds. The van der Waals surface area contributed by atoms with Gasteiger partial charge in [0.15, 0.2) is 0 Å². The molecule has 2 N–H and O–H groups in total. The first-order valence-electron chi connectivity index (χ1n) is 8.05. The van der Waals surface area contributed by atoms with Crippen molar-refractivity contribution >= 4 is 39.8 Å². The minimum Gasteiger partial charge on any atom is -0.550 e. The fourth-order valence-electron chi connectivity index (χ4n) is 2.85. The minimum atomic E-state index is -1.27. The summed E-state index contributed by atoms with van der Waals surface area (Å²) in [6, 6.07) is 9.11. The maximum absolute atomic E-state index is 12.7. The number of carbonyl (C=O) groups is 3. The molecule has 1 aromatic carbocycles. The highest BCUT2D eigenvalue weighted by Crippen LogP contribution is 2.39. The molecule has 3 rings (SSSR count). The minimum absolute atomic E-state index is 0.176. The van der Waals surface area contributed by atoms with Gasteiger partial charge in [-0.25, -0.2) is 0 Å². The van der Waals surface area contributed by atoms with Crippen molar-refractivity contribution in [3.63, 3.8) is 0 Å². The molecule has 1 aliphatic rings. The largest absolute Gasteiger partial charge is 0.550 e. The van der Waals surface area contributed by atoms with E-state index in [-0.39, 0.29) is 18.7 Å². The Morgan fingerprint density at radius 1 is 1.04 bits per heavy atom. The number of rotatable bonds is 6. The monoisotopic (exact) mass is 357 g/mol. The predicted octanol–water partition coefficient (Wildman–Crippen LogP) is 1.96. The summed E-state index contributed by atoms with van der Waals surface area (Å²) >= 11 is 1.39. The van der Waals surface area contributed by atoms with Gasteiger partial charge >= 0.3 is 0 Å². The van der Waals surface area contributed by atoms with Gasteiger partial charge in [-0.05, 0) is 43.4 Å². The van der Waals surface area contributed by atoms with Crippen LogP contribution in [0.15, 0.2) is 30.3 Å². The number of amides is 2. The van der Waals surface area contributed by atoms with Crippen LogP contribution >= 0.6 is 11.3 Å². The molecule has 1 heterocycles. The molecule has 0 saturated heterocycles. The van der Waals surface area contributed by atoms with Gasteiger partial charge in [-0.15, -0.1) is 11.3 Å². The van der Waals surface area contributed by atoms with E-state index in [1.165, 1.54) is 11.3 Å². The predicted molar refractivity (Wildman–Crippen MR) is 93.6 cm³/mol. The fraction of sp³-hybridized carbons (Fsp3) is 0.278. The lowest BCUT2D eigenvalue weighted by atomic mass is 10.1. The summed E-state index contributed by atoms with van der Waals surface area (Å²) in [5, 5.41) is 16.5. The SMILES string of the molecule is O=C([O-])CCC(=O)Nc1sc2c(c1C(=O)Nc1ccccc1)CCC2. The van der Waals surface area contributed by atoms with Crippen LogP contribution in [-0.4, -0.2) is 17.8 Å². The first kappa shape index (κ1) is 17.2. The summed E-state index contributed by atoms with van der Waals surface area (Å²) in [6.07, 6.45) is 2.16. The molecule has 7 heteroatoms. The second-order valence-corrected chi connectivity index (χ2v) is 6.91. The highest BCUT2D eigenvalue weighted by molar-refractivity contribution is 7.17. The normalized spacial score (nSPS) is 12.5. The summed E-state index contributed by atoms with van der Waals surface area (Å²) in [6.45, 7) is 0. The molecule has 0 unspecified atom stereocenters. The van der Waals surface area contributed by atoms with E-state index in [9.17, 15) is 19.5 Å². The lowest BCUT2D eigenvalue weighted by Gasteiger charge is -2.10. The van der Waals surface area contributed by atoms with Gasteiger partial charge < -0.3 is 20.5 Å². The van der Waals surface area contributed by atoms with Crippen LogP contribution in [-0.2, 0) is 22.4 Å². The van der Waals surface area contributed by atoms with Crippen LogP contribution in [0.4, 0.5) is 10.7 Å². The van der Waals surface area contributed by atoms with Crippen molar-refractivity contribution in [3.8, 4) is 0 Å². The molecular weight excluding hydrogens is 340 g/mol. The van der Waals surface area contributed by atoms with Crippen LogP contribution in [0.5, 0.6) is 0 Å². The summed E-state index contributed by atoms with van der Waals surface area (Å²) in [4.78, 5) is 36.3. The van der Waals surface area contributed by atoms with Gasteiger partial charge in [-0.2, -0.15) is 0 Å². The molecule has 130 valence electrons. The first-order valence-corrected chi connectivity index (χ1v) is 8.87. The zero-order valence-electron chi connectivity index (χ0n) is 13.5. The summed E-state index contributed by atoms with van der Waals surface area (Å²) in [5.41, 5.74) is 2.15. The van der Waals surface area contributed by atoms with Crippen molar-refractivity contribution in [2.24, 2.45) is 0 Å². The van der Waals surface area contributed by atoms with Crippen molar-refractivity contribution in [3.05, 3.63) is 46.3 Å². The Bertz CT molecular complexity index is 814. The van der Waals surface area contributed by atoms with E-state index in [1.807, 2.05) is 18.2 Å². The average molecular weight is 357 g/mol. The van der Waals surface area contributed by atoms with Crippen LogP contribution in [0.25, 0.3) is 0 Å². The summed E-state index contributed by atoms with van der Waals surface area (Å²) < 4.78 is 0. The van der Waals surface area contributed by atoms with E-state index in [1.54, 1.807) is 12.1 Å². The average Bonchev–Trinajstić information content (AvgIpc) is 3.14. The van der Waals surface area contributed by atoms with Gasteiger partial charge in [-0.1, -0.05) is 18.2 Å². The maximum Gasteiger partial charge on any atom is 0.258 e. The number of carboxylic acid groups (broad SMARTS) is 1. The number of aliphatic carboxylic acids is 1. The number of hydrogen-bond donors (Lipinski definition) is 2. The Labute approximate surface area is 148 Å². The number of para-hydroxylation sites is 1. The molecule has 0 aliphatic heterocycles. The molecule has 25 heavy (non-hydrogen) atoms. The third-order valence-corrected chi connectivity index (χ3v) is 5.20. The van der Waals surface area contributed by atoms with E-state index in [4.69, 9.17) is 0 Å². The zero-order valence-corrected chi connectivity index (χ0v) is 14.3. The Morgan fingerprint density at radius 3 is 2.52 bits per heavy atom. The lowest BCUT2D eigenvalue weighted by Crippen LogP contribution is -2.24. The molecular formula is C18H17N2O4S-. The van der Waals surface area contributed by atoms with Gasteiger partial charge in [0.05, 0.1) is 5.56 Å². The number of hydrogen-bond acceptors (Lipinski definition) is 5. The summed E-state index contributed by atoms with van der Waals surface area (Å²) in [7, 11) is 0. The number of fused-ring (bicyclic) bond motifs is 1. The van der Waals surface area contributed by atoms with Crippen molar-refractivity contribution < 1.29 is 19.5 Å². The van der Waals surface area contributed by atoms with Gasteiger partial charge in [0.2, 0.25) is 5.91 Å². The molecule has 1 aliphatic carbocycles. The Balaban J connectivity index is 1.81. The van der Waals surface area contributed by atoms with E-state index in [2.05, 4.69) is 10.6 Å².